The van der Waals surface area contributed by atoms with Gasteiger partial charge in [0.25, 0.3) is 0 Å². The number of para-hydroxylation sites is 1. The number of carbonyl (C=O) groups excluding carboxylic acids is 3. The second-order valence-electron chi connectivity index (χ2n) is 10.7. The van der Waals surface area contributed by atoms with Gasteiger partial charge in [-0.05, 0) is 58.9 Å². The highest BCUT2D eigenvalue weighted by Gasteiger charge is 2.37. The number of alkyl carbamates (subject to hydrolysis) is 1. The maximum Gasteiger partial charge on any atom is 0.408 e. The Kier molecular flexibility index (Phi) is 12.0. The van der Waals surface area contributed by atoms with Crippen molar-refractivity contribution in [2.75, 3.05) is 6.54 Å². The number of rotatable bonds is 12. The molecule has 0 aliphatic rings. The van der Waals surface area contributed by atoms with Crippen LogP contribution >= 0.6 is 0 Å². The molecule has 0 saturated heterocycles. The third-order valence-corrected chi connectivity index (χ3v) is 5.54. The van der Waals surface area contributed by atoms with Gasteiger partial charge in [-0.15, -0.1) is 6.58 Å². The third kappa shape index (κ3) is 9.55. The SMILES string of the molecule is C=CCN(C(=O)C(CC(C)C)NC(=O)OC(C)(C)C)C(C(=O)NC(C)CCC)c1cccc(C)c1O. The van der Waals surface area contributed by atoms with Gasteiger partial charge in [0.15, 0.2) is 0 Å². The van der Waals surface area contributed by atoms with Crippen molar-refractivity contribution >= 4 is 17.9 Å². The number of nitrogens with zero attached hydrogens (tertiary/aromatic N) is 1. The van der Waals surface area contributed by atoms with Crippen molar-refractivity contribution in [3.63, 3.8) is 0 Å². The third-order valence-electron chi connectivity index (χ3n) is 5.54. The zero-order valence-electron chi connectivity index (χ0n) is 23.2. The van der Waals surface area contributed by atoms with Crippen LogP contribution in [0.15, 0.2) is 30.9 Å². The summed E-state index contributed by atoms with van der Waals surface area (Å²) in [6, 6.07) is 2.93. The van der Waals surface area contributed by atoms with Crippen LogP contribution in [0.1, 0.15) is 84.9 Å². The fraction of sp³-hybridized carbons (Fsp3) is 0.607. The quantitative estimate of drug-likeness (QED) is 0.348. The Labute approximate surface area is 216 Å². The van der Waals surface area contributed by atoms with E-state index >= 15 is 0 Å². The van der Waals surface area contributed by atoms with Gasteiger partial charge in [0, 0.05) is 18.2 Å². The number of carbonyl (C=O) groups is 3. The number of phenolic OH excluding ortho intramolecular Hbond substituents is 1. The van der Waals surface area contributed by atoms with E-state index in [2.05, 4.69) is 17.2 Å². The van der Waals surface area contributed by atoms with Crippen molar-refractivity contribution in [2.24, 2.45) is 5.92 Å². The van der Waals surface area contributed by atoms with E-state index in [0.717, 1.165) is 12.8 Å². The molecule has 0 saturated carbocycles. The van der Waals surface area contributed by atoms with Crippen LogP contribution < -0.4 is 10.6 Å². The normalized spacial score (nSPS) is 13.9. The van der Waals surface area contributed by atoms with Crippen molar-refractivity contribution in [3.8, 4) is 5.75 Å². The summed E-state index contributed by atoms with van der Waals surface area (Å²) in [5, 5.41) is 16.6. The van der Waals surface area contributed by atoms with Crippen LogP contribution in [-0.4, -0.2) is 52.1 Å². The fourth-order valence-corrected chi connectivity index (χ4v) is 3.98. The molecule has 3 atom stereocenters. The molecule has 0 radical (unpaired) electrons. The van der Waals surface area contributed by atoms with Crippen LogP contribution in [0.25, 0.3) is 0 Å². The van der Waals surface area contributed by atoms with Crippen LogP contribution in [0.3, 0.4) is 0 Å². The maximum absolute atomic E-state index is 13.9. The standard InChI is InChI=1S/C28H45N3O5/c1-10-13-20(6)29-25(33)23(21-15-12-14-19(5)24(21)32)31(16-11-2)26(34)22(17-18(3)4)30-27(35)36-28(7,8)9/h11-12,14-15,18,20,22-23,32H,2,10,13,16-17H2,1,3-9H3,(H,29,33)(H,30,35). The molecule has 0 aliphatic heterocycles. The molecule has 1 aromatic carbocycles. The second-order valence-corrected chi connectivity index (χ2v) is 10.7. The summed E-state index contributed by atoms with van der Waals surface area (Å²) >= 11 is 0. The van der Waals surface area contributed by atoms with E-state index < -0.39 is 35.6 Å². The first kappa shape index (κ1) is 31.0. The number of aromatic hydroxyl groups is 1. The van der Waals surface area contributed by atoms with Crippen LogP contribution in [-0.2, 0) is 14.3 Å². The van der Waals surface area contributed by atoms with E-state index in [0.29, 0.717) is 17.5 Å². The van der Waals surface area contributed by atoms with Crippen molar-refractivity contribution in [2.45, 2.75) is 98.4 Å². The molecule has 0 aliphatic carbocycles. The van der Waals surface area contributed by atoms with Crippen molar-refractivity contribution in [1.82, 2.24) is 15.5 Å². The number of amides is 3. The summed E-state index contributed by atoms with van der Waals surface area (Å²) in [6.07, 6.45) is 2.81. The number of hydrogen-bond donors (Lipinski definition) is 3. The van der Waals surface area contributed by atoms with Crippen molar-refractivity contribution in [1.29, 1.82) is 0 Å². The highest BCUT2D eigenvalue weighted by atomic mass is 16.6. The zero-order valence-corrected chi connectivity index (χ0v) is 23.2. The molecule has 0 bridgehead atoms. The van der Waals surface area contributed by atoms with Crippen LogP contribution in [0.4, 0.5) is 4.79 Å². The molecular formula is C28H45N3O5. The number of nitrogens with one attached hydrogen (secondary N) is 2. The Hall–Kier alpha value is -3.03. The Morgan fingerprint density at radius 2 is 1.81 bits per heavy atom. The molecule has 3 amide bonds. The maximum atomic E-state index is 13.9. The molecule has 0 heterocycles. The van der Waals surface area contributed by atoms with E-state index in [4.69, 9.17) is 4.74 Å². The van der Waals surface area contributed by atoms with E-state index in [9.17, 15) is 19.5 Å². The Morgan fingerprint density at radius 3 is 2.33 bits per heavy atom. The first-order chi connectivity index (χ1) is 16.7. The molecule has 8 nitrogen and oxygen atoms in total. The Morgan fingerprint density at radius 1 is 1.17 bits per heavy atom. The summed E-state index contributed by atoms with van der Waals surface area (Å²) in [4.78, 5) is 41.5. The van der Waals surface area contributed by atoms with Crippen LogP contribution in [0.2, 0.25) is 0 Å². The molecule has 36 heavy (non-hydrogen) atoms. The van der Waals surface area contributed by atoms with E-state index in [1.807, 2.05) is 27.7 Å². The van der Waals surface area contributed by atoms with Gasteiger partial charge in [0.1, 0.15) is 23.4 Å². The summed E-state index contributed by atoms with van der Waals surface area (Å²) in [5.41, 5.74) is 0.164. The smallest absolute Gasteiger partial charge is 0.408 e. The van der Waals surface area contributed by atoms with E-state index in [1.165, 1.54) is 11.0 Å². The fourth-order valence-electron chi connectivity index (χ4n) is 3.98. The largest absolute Gasteiger partial charge is 0.507 e. The highest BCUT2D eigenvalue weighted by Crippen LogP contribution is 2.32. The molecule has 3 unspecified atom stereocenters. The van der Waals surface area contributed by atoms with E-state index in [1.54, 1.807) is 45.9 Å². The lowest BCUT2D eigenvalue weighted by molar-refractivity contribution is -0.142. The first-order valence-electron chi connectivity index (χ1n) is 12.7. The minimum Gasteiger partial charge on any atom is -0.507 e. The first-order valence-corrected chi connectivity index (χ1v) is 12.7. The monoisotopic (exact) mass is 503 g/mol. The molecule has 8 heteroatoms. The number of aryl methyl sites for hydroxylation is 1. The van der Waals surface area contributed by atoms with Gasteiger partial charge in [-0.1, -0.05) is 51.5 Å². The van der Waals surface area contributed by atoms with Gasteiger partial charge in [-0.2, -0.15) is 0 Å². The summed E-state index contributed by atoms with van der Waals surface area (Å²) in [5.74, 6) is -0.849. The van der Waals surface area contributed by atoms with Gasteiger partial charge in [-0.3, -0.25) is 9.59 Å². The van der Waals surface area contributed by atoms with Gasteiger partial charge < -0.3 is 25.4 Å². The second kappa shape index (κ2) is 13.9. The van der Waals surface area contributed by atoms with Crippen molar-refractivity contribution in [3.05, 3.63) is 42.0 Å². The average Bonchev–Trinajstić information content (AvgIpc) is 2.73. The molecular weight excluding hydrogens is 458 g/mol. The molecule has 1 rings (SSSR count). The highest BCUT2D eigenvalue weighted by molar-refractivity contribution is 5.92. The number of benzene rings is 1. The lowest BCUT2D eigenvalue weighted by Crippen LogP contribution is -2.54. The topological polar surface area (TPSA) is 108 Å². The Balaban J connectivity index is 3.53. The molecule has 3 N–H and O–H groups in total. The van der Waals surface area contributed by atoms with Crippen molar-refractivity contribution < 1.29 is 24.2 Å². The lowest BCUT2D eigenvalue weighted by Gasteiger charge is -2.35. The predicted octanol–water partition coefficient (Wildman–Crippen LogP) is 5.00. The lowest BCUT2D eigenvalue weighted by atomic mass is 9.97. The van der Waals surface area contributed by atoms with Crippen LogP contribution in [0.5, 0.6) is 5.75 Å². The van der Waals surface area contributed by atoms with Gasteiger partial charge in [-0.25, -0.2) is 4.79 Å². The molecule has 1 aromatic rings. The number of phenols is 1. The number of ether oxygens (including phenoxy) is 1. The summed E-state index contributed by atoms with van der Waals surface area (Å²) in [7, 11) is 0. The number of hydrogen-bond acceptors (Lipinski definition) is 5. The summed E-state index contributed by atoms with van der Waals surface area (Å²) < 4.78 is 5.39. The Bertz CT molecular complexity index is 907. The van der Waals surface area contributed by atoms with Gasteiger partial charge >= 0.3 is 6.09 Å². The molecule has 202 valence electrons. The summed E-state index contributed by atoms with van der Waals surface area (Å²) in [6.45, 7) is 18.6. The predicted molar refractivity (Wildman–Crippen MR) is 143 cm³/mol. The molecule has 0 aromatic heterocycles. The van der Waals surface area contributed by atoms with E-state index in [-0.39, 0.29) is 24.3 Å². The van der Waals surface area contributed by atoms with Gasteiger partial charge in [0.05, 0.1) is 0 Å². The minimum absolute atomic E-state index is 0.0387. The molecule has 0 fully saturated rings. The van der Waals surface area contributed by atoms with Gasteiger partial charge in [0.2, 0.25) is 11.8 Å². The average molecular weight is 504 g/mol. The minimum atomic E-state index is -1.12. The van der Waals surface area contributed by atoms with Crippen LogP contribution in [0, 0.1) is 12.8 Å². The molecule has 0 spiro atoms. The zero-order chi connectivity index (χ0) is 27.6.